The van der Waals surface area contributed by atoms with Gasteiger partial charge in [-0.25, -0.2) is 0 Å². The van der Waals surface area contributed by atoms with E-state index in [0.29, 0.717) is 5.75 Å². The number of phenols is 1. The van der Waals surface area contributed by atoms with E-state index < -0.39 is 0 Å². The Labute approximate surface area is 136 Å². The largest absolute Gasteiger partial charge is 0.506 e. The van der Waals surface area contributed by atoms with Gasteiger partial charge in [-0.2, -0.15) is 0 Å². The Balaban J connectivity index is 1.96. The average Bonchev–Trinajstić information content (AvgIpc) is 2.43. The lowest BCUT2D eigenvalue weighted by Gasteiger charge is -2.15. The fraction of sp³-hybridized carbons (Fsp3) is 0.250. The molecule has 0 bridgehead atoms. The summed E-state index contributed by atoms with van der Waals surface area (Å²) >= 11 is 6.84. The fourth-order valence-electron chi connectivity index (χ4n) is 2.17. The van der Waals surface area contributed by atoms with Crippen LogP contribution in [-0.2, 0) is 13.0 Å². The molecule has 0 aliphatic heterocycles. The Morgan fingerprint density at radius 2 is 1.80 bits per heavy atom. The molecule has 4 heteroatoms. The Morgan fingerprint density at radius 1 is 1.10 bits per heavy atom. The fourth-order valence-corrected chi connectivity index (χ4v) is 3.48. The number of rotatable bonds is 5. The van der Waals surface area contributed by atoms with Gasteiger partial charge in [-0.3, -0.25) is 0 Å². The molecule has 1 unspecified atom stereocenters. The highest BCUT2D eigenvalue weighted by Gasteiger charge is 2.12. The molecule has 0 heterocycles. The van der Waals surface area contributed by atoms with Crippen molar-refractivity contribution in [3.63, 3.8) is 0 Å². The number of benzene rings is 2. The number of hydrogen-bond donors (Lipinski definition) is 2. The molecule has 2 aromatic carbocycles. The summed E-state index contributed by atoms with van der Waals surface area (Å²) in [5.74, 6) is 0.340. The summed E-state index contributed by atoms with van der Waals surface area (Å²) in [6, 6.07) is 14.3. The van der Waals surface area contributed by atoms with E-state index in [4.69, 9.17) is 0 Å². The highest BCUT2D eigenvalue weighted by atomic mass is 79.9. The molecule has 0 saturated heterocycles. The Kier molecular flexibility index (Phi) is 5.64. The van der Waals surface area contributed by atoms with Crippen LogP contribution in [0.1, 0.15) is 11.1 Å². The van der Waals surface area contributed by atoms with Gasteiger partial charge in [0.2, 0.25) is 0 Å². The third-order valence-electron chi connectivity index (χ3n) is 3.28. The summed E-state index contributed by atoms with van der Waals surface area (Å²) in [5, 5.41) is 10.1. The predicted octanol–water partition coefficient (Wildman–Crippen LogP) is 3.17. The molecule has 0 saturated carbocycles. The van der Waals surface area contributed by atoms with Crippen molar-refractivity contribution in [2.24, 2.45) is 0 Å². The summed E-state index contributed by atoms with van der Waals surface area (Å²) in [6.07, 6.45) is 1.04. The Bertz CT molecular complexity index is 572. The van der Waals surface area contributed by atoms with E-state index in [1.165, 1.54) is 10.5 Å². The minimum Gasteiger partial charge on any atom is -0.506 e. The molecule has 106 valence electrons. The minimum atomic E-state index is 0.340. The van der Waals surface area contributed by atoms with Gasteiger partial charge in [0.25, 0.3) is 0 Å². The van der Waals surface area contributed by atoms with E-state index in [1.54, 1.807) is 0 Å². The van der Waals surface area contributed by atoms with Crippen LogP contribution in [0.5, 0.6) is 5.75 Å². The molecule has 0 aliphatic rings. The molecule has 1 atom stereocenters. The third-order valence-corrected chi connectivity index (χ3v) is 4.34. The molecule has 0 spiro atoms. The predicted molar refractivity (Wildman–Crippen MR) is 89.1 cm³/mol. The zero-order chi connectivity index (χ0) is 14.5. The first-order valence-corrected chi connectivity index (χ1v) is 8.17. The Hall–Kier alpha value is -0.840. The monoisotopic (exact) mass is 398 g/mol. The van der Waals surface area contributed by atoms with E-state index in [-0.39, 0.29) is 0 Å². The van der Waals surface area contributed by atoms with E-state index in [9.17, 15) is 5.11 Å². The minimum absolute atomic E-state index is 0.340. The molecule has 0 fully saturated rings. The lowest BCUT2D eigenvalue weighted by Crippen LogP contribution is -3.07. The van der Waals surface area contributed by atoms with E-state index in [2.05, 4.69) is 63.2 Å². The molecule has 2 aromatic rings. The maximum Gasteiger partial charge on any atom is 0.138 e. The molecule has 0 amide bonds. The van der Waals surface area contributed by atoms with Crippen LogP contribution in [0.25, 0.3) is 0 Å². The van der Waals surface area contributed by atoms with E-state index >= 15 is 0 Å². The number of hydrogen-bond acceptors (Lipinski definition) is 1. The van der Waals surface area contributed by atoms with Gasteiger partial charge in [-0.05, 0) is 33.6 Å². The normalized spacial score (nSPS) is 12.3. The van der Waals surface area contributed by atoms with Crippen LogP contribution < -0.4 is 4.90 Å². The van der Waals surface area contributed by atoms with Crippen LogP contribution in [0.3, 0.4) is 0 Å². The van der Waals surface area contributed by atoms with Crippen molar-refractivity contribution in [1.82, 2.24) is 0 Å². The van der Waals surface area contributed by atoms with Gasteiger partial charge in [0.05, 0.1) is 23.6 Å². The second-order valence-corrected chi connectivity index (χ2v) is 6.78. The lowest BCUT2D eigenvalue weighted by atomic mass is 10.1. The molecule has 2 rings (SSSR count). The lowest BCUT2D eigenvalue weighted by molar-refractivity contribution is -0.893. The summed E-state index contributed by atoms with van der Waals surface area (Å²) in [7, 11) is 2.15. The quantitative estimate of drug-likeness (QED) is 0.792. The van der Waals surface area contributed by atoms with Crippen molar-refractivity contribution in [1.29, 1.82) is 0 Å². The first-order chi connectivity index (χ1) is 9.56. The average molecular weight is 400 g/mol. The van der Waals surface area contributed by atoms with Crippen LogP contribution in [0.4, 0.5) is 0 Å². The molecule has 0 radical (unpaired) electrons. The second kappa shape index (κ2) is 7.25. The summed E-state index contributed by atoms with van der Waals surface area (Å²) in [4.78, 5) is 1.37. The Morgan fingerprint density at radius 3 is 2.50 bits per heavy atom. The summed E-state index contributed by atoms with van der Waals surface area (Å²) < 4.78 is 1.71. The molecular weight excluding hydrogens is 382 g/mol. The van der Waals surface area contributed by atoms with Crippen molar-refractivity contribution < 1.29 is 10.0 Å². The molecule has 0 aliphatic carbocycles. The zero-order valence-corrected chi connectivity index (χ0v) is 14.5. The number of halogens is 2. The van der Waals surface area contributed by atoms with Gasteiger partial charge >= 0.3 is 0 Å². The van der Waals surface area contributed by atoms with Crippen molar-refractivity contribution in [2.45, 2.75) is 13.0 Å². The van der Waals surface area contributed by atoms with Gasteiger partial charge in [-0.15, -0.1) is 0 Å². The van der Waals surface area contributed by atoms with Crippen molar-refractivity contribution >= 4 is 31.9 Å². The van der Waals surface area contributed by atoms with Gasteiger partial charge in [0, 0.05) is 10.9 Å². The number of aromatic hydroxyl groups is 1. The maximum absolute atomic E-state index is 10.1. The van der Waals surface area contributed by atoms with Crippen LogP contribution in [-0.4, -0.2) is 18.7 Å². The highest BCUT2D eigenvalue weighted by molar-refractivity contribution is 9.11. The zero-order valence-electron chi connectivity index (χ0n) is 11.4. The van der Waals surface area contributed by atoms with Crippen LogP contribution >= 0.6 is 31.9 Å². The van der Waals surface area contributed by atoms with Crippen LogP contribution in [0.2, 0.25) is 0 Å². The maximum atomic E-state index is 10.1. The van der Waals surface area contributed by atoms with E-state index in [0.717, 1.165) is 34.0 Å². The highest BCUT2D eigenvalue weighted by Crippen LogP contribution is 2.31. The standard InChI is InChI=1S/C16H17Br2NO/c1-19(8-7-12-5-3-2-4-6-12)11-13-9-14(17)10-15(18)16(13)20/h2-6,9-10,20H,7-8,11H2,1H3/p+1. The summed E-state index contributed by atoms with van der Waals surface area (Å²) in [6.45, 7) is 1.84. The second-order valence-electron chi connectivity index (χ2n) is 5.01. The topological polar surface area (TPSA) is 24.7 Å². The molecule has 2 nitrogen and oxygen atoms in total. The van der Waals surface area contributed by atoms with Crippen molar-refractivity contribution in [2.75, 3.05) is 13.6 Å². The number of phenolic OH excluding ortho intramolecular Hbond substituents is 1. The smallest absolute Gasteiger partial charge is 0.138 e. The summed E-state index contributed by atoms with van der Waals surface area (Å²) in [5.41, 5.74) is 2.31. The number of quaternary nitrogens is 1. The first kappa shape index (κ1) is 15.5. The number of nitrogens with one attached hydrogen (secondary N) is 1. The molecular formula is C16H18Br2NO+. The molecule has 2 N–H and O–H groups in total. The van der Waals surface area contributed by atoms with Crippen LogP contribution in [0.15, 0.2) is 51.4 Å². The third kappa shape index (κ3) is 4.33. The molecule has 20 heavy (non-hydrogen) atoms. The van der Waals surface area contributed by atoms with Gasteiger partial charge in [0.1, 0.15) is 12.3 Å². The van der Waals surface area contributed by atoms with Gasteiger partial charge in [-0.1, -0.05) is 46.3 Å². The first-order valence-electron chi connectivity index (χ1n) is 6.58. The number of likely N-dealkylation sites (N-methyl/N-ethyl adjacent to an activating group) is 1. The van der Waals surface area contributed by atoms with E-state index in [1.807, 2.05) is 18.2 Å². The van der Waals surface area contributed by atoms with Crippen molar-refractivity contribution in [3.05, 3.63) is 62.5 Å². The van der Waals surface area contributed by atoms with Crippen molar-refractivity contribution in [3.8, 4) is 5.75 Å². The van der Waals surface area contributed by atoms with Crippen LogP contribution in [0, 0.1) is 0 Å². The van der Waals surface area contributed by atoms with Gasteiger partial charge in [0.15, 0.2) is 0 Å². The molecule has 0 aromatic heterocycles. The SMILES string of the molecule is C[NH+](CCc1ccccc1)Cc1cc(Br)cc(Br)c1O. The van der Waals surface area contributed by atoms with Gasteiger partial charge < -0.3 is 10.0 Å².